The van der Waals surface area contributed by atoms with E-state index in [1.807, 2.05) is 7.05 Å². The Kier molecular flexibility index (Phi) is 7.62. The van der Waals surface area contributed by atoms with Crippen LogP contribution in [0.1, 0.15) is 44.1 Å². The van der Waals surface area contributed by atoms with E-state index in [-0.39, 0.29) is 29.4 Å². The molecule has 8 heteroatoms. The molecule has 2 aromatic rings. The Hall–Kier alpha value is -2.35. The molecule has 28 heavy (non-hydrogen) atoms. The van der Waals surface area contributed by atoms with Crippen LogP contribution in [0.5, 0.6) is 0 Å². The van der Waals surface area contributed by atoms with Gasteiger partial charge >= 0.3 is 0 Å². The fourth-order valence-electron chi connectivity index (χ4n) is 2.62. The monoisotopic (exact) mass is 403 g/mol. The lowest BCUT2D eigenvalue weighted by Crippen LogP contribution is -2.27. The molecule has 0 aliphatic heterocycles. The maximum absolute atomic E-state index is 12.1. The molecule has 3 N–H and O–H groups in total. The van der Waals surface area contributed by atoms with Gasteiger partial charge in [-0.2, -0.15) is 0 Å². The van der Waals surface area contributed by atoms with Gasteiger partial charge in [0, 0.05) is 26.4 Å². The van der Waals surface area contributed by atoms with Gasteiger partial charge in [0.05, 0.1) is 5.75 Å². The number of amides is 2. The molecule has 152 valence electrons. The Bertz CT molecular complexity index is 809. The summed E-state index contributed by atoms with van der Waals surface area (Å²) in [4.78, 5) is 23.0. The van der Waals surface area contributed by atoms with E-state index < -0.39 is 0 Å². The summed E-state index contributed by atoms with van der Waals surface area (Å²) in [5.41, 5.74) is 7.80. The lowest BCUT2D eigenvalue weighted by Gasteiger charge is -2.19. The molecular weight excluding hydrogens is 374 g/mol. The van der Waals surface area contributed by atoms with Gasteiger partial charge in [0.25, 0.3) is 0 Å². The third-order valence-electron chi connectivity index (χ3n) is 4.41. The molecule has 1 heterocycles. The molecule has 0 unspecified atom stereocenters. The van der Waals surface area contributed by atoms with Crippen LogP contribution in [0.3, 0.4) is 0 Å². The van der Waals surface area contributed by atoms with Gasteiger partial charge in [0.2, 0.25) is 11.8 Å². The highest BCUT2D eigenvalue weighted by Crippen LogP contribution is 2.22. The number of carbonyl (C=O) groups is 2. The number of nitrogens with two attached hydrogens (primary N) is 1. The van der Waals surface area contributed by atoms with Gasteiger partial charge in [-0.3, -0.25) is 9.59 Å². The number of hydrogen-bond donors (Lipinski definition) is 2. The van der Waals surface area contributed by atoms with Crippen LogP contribution in [0, 0.1) is 0 Å². The molecule has 0 atom stereocenters. The van der Waals surface area contributed by atoms with E-state index in [2.05, 4.69) is 60.6 Å². The summed E-state index contributed by atoms with van der Waals surface area (Å²) < 4.78 is 1.79. The third-order valence-corrected chi connectivity index (χ3v) is 5.43. The first kappa shape index (κ1) is 21.9. The number of benzene rings is 1. The Morgan fingerprint density at radius 1 is 1.14 bits per heavy atom. The minimum atomic E-state index is -0.371. The van der Waals surface area contributed by atoms with Crippen molar-refractivity contribution in [2.75, 3.05) is 12.3 Å². The molecule has 2 rings (SSSR count). The van der Waals surface area contributed by atoms with E-state index in [9.17, 15) is 9.59 Å². The van der Waals surface area contributed by atoms with Crippen molar-refractivity contribution in [3.05, 3.63) is 41.2 Å². The Balaban J connectivity index is 1.74. The highest BCUT2D eigenvalue weighted by atomic mass is 32.2. The summed E-state index contributed by atoms with van der Waals surface area (Å²) in [6.45, 7) is 7.17. The maximum Gasteiger partial charge on any atom is 0.230 e. The van der Waals surface area contributed by atoms with Gasteiger partial charge in [-0.05, 0) is 23.0 Å². The third kappa shape index (κ3) is 6.67. The fourth-order valence-corrected chi connectivity index (χ4v) is 3.38. The molecule has 0 radical (unpaired) electrons. The maximum atomic E-state index is 12.1. The molecule has 2 amide bonds. The van der Waals surface area contributed by atoms with Crippen LogP contribution in [0.15, 0.2) is 29.4 Å². The second-order valence-electron chi connectivity index (χ2n) is 7.76. The van der Waals surface area contributed by atoms with Gasteiger partial charge in [-0.25, -0.2) is 0 Å². The minimum absolute atomic E-state index is 0.0435. The standard InChI is InChI=1S/C20H29N5O2S/c1-20(2,3)15-7-5-14(6-8-15)11-12-22-18(27)13-28-19-24-23-17(25(19)4)10-9-16(21)26/h5-8H,9-13H2,1-4H3,(H2,21,26)(H,22,27). The van der Waals surface area contributed by atoms with E-state index >= 15 is 0 Å². The van der Waals surface area contributed by atoms with Gasteiger partial charge in [-0.15, -0.1) is 10.2 Å². The average Bonchev–Trinajstić information content (AvgIpc) is 2.97. The first-order valence-corrected chi connectivity index (χ1v) is 10.3. The van der Waals surface area contributed by atoms with Crippen molar-refractivity contribution in [1.82, 2.24) is 20.1 Å². The van der Waals surface area contributed by atoms with Crippen LogP contribution in [0.4, 0.5) is 0 Å². The number of aryl methyl sites for hydroxylation is 1. The second-order valence-corrected chi connectivity index (χ2v) is 8.70. The van der Waals surface area contributed by atoms with Crippen molar-refractivity contribution < 1.29 is 9.59 Å². The van der Waals surface area contributed by atoms with Crippen molar-refractivity contribution in [2.24, 2.45) is 12.8 Å². The first-order valence-electron chi connectivity index (χ1n) is 9.32. The fraction of sp³-hybridized carbons (Fsp3) is 0.500. The summed E-state index contributed by atoms with van der Waals surface area (Å²) in [6, 6.07) is 8.54. The van der Waals surface area contributed by atoms with Gasteiger partial charge in [0.15, 0.2) is 5.16 Å². The number of nitrogens with zero attached hydrogens (tertiary/aromatic N) is 3. The first-order chi connectivity index (χ1) is 13.2. The number of primary amides is 1. The Morgan fingerprint density at radius 2 is 1.82 bits per heavy atom. The normalized spacial score (nSPS) is 11.4. The number of carbonyl (C=O) groups excluding carboxylic acids is 2. The van der Waals surface area contributed by atoms with Crippen molar-refractivity contribution in [2.45, 2.75) is 50.6 Å². The highest BCUT2D eigenvalue weighted by molar-refractivity contribution is 7.99. The average molecular weight is 404 g/mol. The molecule has 0 fully saturated rings. The SMILES string of the molecule is Cn1c(CCC(N)=O)nnc1SCC(=O)NCCc1ccc(C(C)(C)C)cc1. The van der Waals surface area contributed by atoms with Crippen LogP contribution in [0.25, 0.3) is 0 Å². The number of nitrogens with one attached hydrogen (secondary N) is 1. The molecular formula is C20H29N5O2S. The molecule has 1 aromatic carbocycles. The highest BCUT2D eigenvalue weighted by Gasteiger charge is 2.13. The van der Waals surface area contributed by atoms with Gasteiger partial charge < -0.3 is 15.6 Å². The summed E-state index contributed by atoms with van der Waals surface area (Å²) in [5.74, 6) is 0.535. The van der Waals surface area contributed by atoms with Crippen LogP contribution in [-0.4, -0.2) is 38.9 Å². The van der Waals surface area contributed by atoms with E-state index in [1.54, 1.807) is 4.57 Å². The molecule has 7 nitrogen and oxygen atoms in total. The molecule has 0 aliphatic carbocycles. The zero-order valence-corrected chi connectivity index (χ0v) is 17.8. The molecule has 0 bridgehead atoms. The number of thioether (sulfide) groups is 1. The Labute approximate surface area is 170 Å². The van der Waals surface area contributed by atoms with Crippen LogP contribution < -0.4 is 11.1 Å². The lowest BCUT2D eigenvalue weighted by atomic mass is 9.86. The number of hydrogen-bond acceptors (Lipinski definition) is 5. The summed E-state index contributed by atoms with van der Waals surface area (Å²) in [6.07, 6.45) is 1.47. The van der Waals surface area contributed by atoms with E-state index in [0.717, 1.165) is 6.42 Å². The zero-order chi connectivity index (χ0) is 20.7. The van der Waals surface area contributed by atoms with Crippen LogP contribution in [-0.2, 0) is 34.9 Å². The number of aromatic nitrogens is 3. The van der Waals surface area contributed by atoms with E-state index in [0.29, 0.717) is 23.9 Å². The summed E-state index contributed by atoms with van der Waals surface area (Å²) >= 11 is 1.32. The predicted octanol–water partition coefficient (Wildman–Crippen LogP) is 1.98. The summed E-state index contributed by atoms with van der Waals surface area (Å²) in [5, 5.41) is 11.7. The predicted molar refractivity (Wildman–Crippen MR) is 111 cm³/mol. The van der Waals surface area contributed by atoms with Crippen molar-refractivity contribution >= 4 is 23.6 Å². The van der Waals surface area contributed by atoms with Gasteiger partial charge in [-0.1, -0.05) is 56.8 Å². The van der Waals surface area contributed by atoms with Crippen molar-refractivity contribution in [3.8, 4) is 0 Å². The smallest absolute Gasteiger partial charge is 0.230 e. The lowest BCUT2D eigenvalue weighted by molar-refractivity contribution is -0.119. The van der Waals surface area contributed by atoms with E-state index in [4.69, 9.17) is 5.73 Å². The van der Waals surface area contributed by atoms with Gasteiger partial charge in [0.1, 0.15) is 5.82 Å². The molecule has 0 spiro atoms. The summed E-state index contributed by atoms with van der Waals surface area (Å²) in [7, 11) is 1.82. The second kappa shape index (κ2) is 9.73. The topological polar surface area (TPSA) is 103 Å². The molecule has 0 saturated heterocycles. The molecule has 1 aromatic heterocycles. The Morgan fingerprint density at radius 3 is 2.43 bits per heavy atom. The minimum Gasteiger partial charge on any atom is -0.370 e. The van der Waals surface area contributed by atoms with Crippen LogP contribution in [0.2, 0.25) is 0 Å². The van der Waals surface area contributed by atoms with Crippen molar-refractivity contribution in [1.29, 1.82) is 0 Å². The molecule has 0 aliphatic rings. The van der Waals surface area contributed by atoms with E-state index in [1.165, 1.54) is 22.9 Å². The van der Waals surface area contributed by atoms with Crippen molar-refractivity contribution in [3.63, 3.8) is 0 Å². The quantitative estimate of drug-likeness (QED) is 0.623. The number of rotatable bonds is 9. The molecule has 0 saturated carbocycles. The zero-order valence-electron chi connectivity index (χ0n) is 17.0. The largest absolute Gasteiger partial charge is 0.370 e. The van der Waals surface area contributed by atoms with Crippen LogP contribution >= 0.6 is 11.8 Å².